The zero-order valence-corrected chi connectivity index (χ0v) is 24.8. The Kier molecular flexibility index (Phi) is 8.33. The lowest BCUT2D eigenvalue weighted by molar-refractivity contribution is -0.149. The molecule has 2 saturated carbocycles. The summed E-state index contributed by atoms with van der Waals surface area (Å²) in [6.07, 6.45) is 5.84. The second-order valence-electron chi connectivity index (χ2n) is 12.8. The van der Waals surface area contributed by atoms with Gasteiger partial charge in [0.15, 0.2) is 17.3 Å². The van der Waals surface area contributed by atoms with Crippen LogP contribution in [0.3, 0.4) is 0 Å². The van der Waals surface area contributed by atoms with Crippen molar-refractivity contribution in [3.63, 3.8) is 0 Å². The fourth-order valence-electron chi connectivity index (χ4n) is 7.58. The van der Waals surface area contributed by atoms with Gasteiger partial charge in [-0.2, -0.15) is 0 Å². The highest BCUT2D eigenvalue weighted by Gasteiger charge is 2.40. The molecule has 1 aromatic rings. The van der Waals surface area contributed by atoms with Crippen LogP contribution in [0.25, 0.3) is 6.08 Å². The van der Waals surface area contributed by atoms with Crippen molar-refractivity contribution in [2.24, 2.45) is 58.1 Å². The van der Waals surface area contributed by atoms with Crippen LogP contribution in [0.4, 0.5) is 5.82 Å². The summed E-state index contributed by atoms with van der Waals surface area (Å²) >= 11 is 0. The molecule has 1 aliphatic heterocycles. The predicted molar refractivity (Wildman–Crippen MR) is 154 cm³/mol. The number of nitrogens with two attached hydrogens (primary N) is 2. The standard InChI is InChI=1S/C31H46N4O4/c1-14-9-16(3)24(17(4)10-14)30(36)38-26-20(7)22(34-28(26)32)13-23-21(8)27(29(33)35-23)39-31(37)25-18(5)11-15(2)12-19(25)6/h13-19,24-25,34H,9-12,32H2,1-8H3,(H2,33,35)/b23-13-. The van der Waals surface area contributed by atoms with E-state index in [0.29, 0.717) is 45.9 Å². The van der Waals surface area contributed by atoms with Gasteiger partial charge in [0.25, 0.3) is 0 Å². The van der Waals surface area contributed by atoms with Crippen LogP contribution in [0.5, 0.6) is 5.75 Å². The summed E-state index contributed by atoms with van der Waals surface area (Å²) in [6.45, 7) is 16.7. The molecule has 0 radical (unpaired) electrons. The molecular formula is C31H46N4O4. The number of H-pyrrole nitrogens is 1. The molecule has 0 spiro atoms. The van der Waals surface area contributed by atoms with Crippen molar-refractivity contribution in [2.45, 2.75) is 81.1 Å². The van der Waals surface area contributed by atoms with E-state index in [1.54, 1.807) is 6.08 Å². The van der Waals surface area contributed by atoms with E-state index in [1.165, 1.54) is 0 Å². The lowest BCUT2D eigenvalue weighted by atomic mass is 9.69. The first-order chi connectivity index (χ1) is 18.3. The number of aliphatic imine (C=N–C) groups is 1. The number of carbonyl (C=O) groups excluding carboxylic acids is 2. The zero-order chi connectivity index (χ0) is 28.8. The number of aromatic nitrogens is 1. The number of carbonyl (C=O) groups is 2. The number of rotatable bonds is 5. The number of aromatic amines is 1. The fourth-order valence-corrected chi connectivity index (χ4v) is 7.58. The van der Waals surface area contributed by atoms with Crippen LogP contribution in [0.1, 0.15) is 85.4 Å². The van der Waals surface area contributed by atoms with E-state index in [9.17, 15) is 9.59 Å². The van der Waals surface area contributed by atoms with Gasteiger partial charge in [-0.3, -0.25) is 9.59 Å². The quantitative estimate of drug-likeness (QED) is 0.395. The number of hydrogen-bond donors (Lipinski definition) is 3. The summed E-state index contributed by atoms with van der Waals surface area (Å²) in [7, 11) is 0. The molecule has 0 bridgehead atoms. The maximum atomic E-state index is 13.2. The molecule has 8 nitrogen and oxygen atoms in total. The maximum Gasteiger partial charge on any atom is 0.315 e. The highest BCUT2D eigenvalue weighted by Crippen LogP contribution is 2.41. The summed E-state index contributed by atoms with van der Waals surface area (Å²) in [5.41, 5.74) is 15.1. The molecule has 4 unspecified atom stereocenters. The van der Waals surface area contributed by atoms with E-state index in [1.807, 2.05) is 13.8 Å². The van der Waals surface area contributed by atoms with Crippen molar-refractivity contribution in [1.29, 1.82) is 0 Å². The lowest BCUT2D eigenvalue weighted by Crippen LogP contribution is -2.37. The minimum absolute atomic E-state index is 0.156. The average molecular weight is 539 g/mol. The average Bonchev–Trinajstić information content (AvgIpc) is 3.22. The molecule has 2 aliphatic carbocycles. The molecule has 0 saturated heterocycles. The topological polar surface area (TPSA) is 133 Å². The van der Waals surface area contributed by atoms with Gasteiger partial charge >= 0.3 is 11.9 Å². The number of nitrogens with one attached hydrogen (secondary N) is 1. The van der Waals surface area contributed by atoms with Crippen LogP contribution in [-0.2, 0) is 14.3 Å². The van der Waals surface area contributed by atoms with Crippen LogP contribution in [-0.4, -0.2) is 22.8 Å². The number of allylic oxidation sites excluding steroid dienone is 1. The van der Waals surface area contributed by atoms with Gasteiger partial charge in [-0.15, -0.1) is 0 Å². The van der Waals surface area contributed by atoms with Crippen molar-refractivity contribution in [1.82, 2.24) is 4.98 Å². The first kappa shape index (κ1) is 29.0. The van der Waals surface area contributed by atoms with Gasteiger partial charge in [0.1, 0.15) is 5.82 Å². The van der Waals surface area contributed by atoms with Gasteiger partial charge in [0.2, 0.25) is 0 Å². The summed E-state index contributed by atoms with van der Waals surface area (Å²) < 4.78 is 11.8. The summed E-state index contributed by atoms with van der Waals surface area (Å²) in [5.74, 6) is 2.54. The molecule has 4 rings (SSSR count). The molecule has 214 valence electrons. The number of amidine groups is 1. The molecule has 4 atom stereocenters. The van der Waals surface area contributed by atoms with E-state index in [-0.39, 0.29) is 59.1 Å². The van der Waals surface area contributed by atoms with Crippen molar-refractivity contribution in [2.75, 3.05) is 5.73 Å². The minimum atomic E-state index is -0.245. The maximum absolute atomic E-state index is 13.2. The smallest absolute Gasteiger partial charge is 0.315 e. The Morgan fingerprint density at radius 1 is 0.821 bits per heavy atom. The van der Waals surface area contributed by atoms with Crippen molar-refractivity contribution >= 4 is 29.7 Å². The van der Waals surface area contributed by atoms with Gasteiger partial charge in [0, 0.05) is 16.8 Å². The van der Waals surface area contributed by atoms with Crippen LogP contribution in [0, 0.1) is 54.3 Å². The molecule has 1 aromatic heterocycles. The number of nitrogen functional groups attached to an aromatic ring is 1. The van der Waals surface area contributed by atoms with E-state index < -0.39 is 0 Å². The molecule has 39 heavy (non-hydrogen) atoms. The molecular weight excluding hydrogens is 492 g/mol. The van der Waals surface area contributed by atoms with Gasteiger partial charge in [-0.1, -0.05) is 41.5 Å². The van der Waals surface area contributed by atoms with Crippen molar-refractivity contribution in [3.8, 4) is 5.75 Å². The third-order valence-electron chi connectivity index (χ3n) is 9.24. The van der Waals surface area contributed by atoms with Crippen molar-refractivity contribution < 1.29 is 19.1 Å². The van der Waals surface area contributed by atoms with Crippen LogP contribution < -0.4 is 16.2 Å². The Labute approximate surface area is 232 Å². The van der Waals surface area contributed by atoms with Crippen molar-refractivity contribution in [3.05, 3.63) is 28.3 Å². The van der Waals surface area contributed by atoms with E-state index >= 15 is 0 Å². The predicted octanol–water partition coefficient (Wildman–Crippen LogP) is 5.98. The van der Waals surface area contributed by atoms with Crippen LogP contribution >= 0.6 is 0 Å². The molecule has 0 aromatic carbocycles. The number of esters is 2. The summed E-state index contributed by atoms with van der Waals surface area (Å²) in [4.78, 5) is 34.0. The highest BCUT2D eigenvalue weighted by atomic mass is 16.5. The Hall–Kier alpha value is -3.03. The Morgan fingerprint density at radius 2 is 1.28 bits per heavy atom. The summed E-state index contributed by atoms with van der Waals surface area (Å²) in [5, 5.41) is 0. The largest absolute Gasteiger partial charge is 0.422 e. The number of hydrogen-bond acceptors (Lipinski definition) is 7. The number of nitrogens with zero attached hydrogens (tertiary/aromatic N) is 1. The zero-order valence-electron chi connectivity index (χ0n) is 24.8. The van der Waals surface area contributed by atoms with E-state index in [2.05, 4.69) is 51.5 Å². The van der Waals surface area contributed by atoms with Gasteiger partial charge in [-0.25, -0.2) is 4.99 Å². The third kappa shape index (κ3) is 5.80. The Balaban J connectivity index is 1.52. The monoisotopic (exact) mass is 538 g/mol. The highest BCUT2D eigenvalue weighted by molar-refractivity contribution is 6.02. The van der Waals surface area contributed by atoms with Gasteiger partial charge in [0.05, 0.1) is 17.5 Å². The Bertz CT molecular complexity index is 1200. The van der Waals surface area contributed by atoms with Gasteiger partial charge < -0.3 is 25.9 Å². The van der Waals surface area contributed by atoms with Crippen LogP contribution in [0.2, 0.25) is 0 Å². The lowest BCUT2D eigenvalue weighted by Gasteiger charge is -2.36. The first-order valence-corrected chi connectivity index (χ1v) is 14.5. The second kappa shape index (κ2) is 11.2. The summed E-state index contributed by atoms with van der Waals surface area (Å²) in [6, 6.07) is 0. The van der Waals surface area contributed by atoms with E-state index in [4.69, 9.17) is 20.9 Å². The minimum Gasteiger partial charge on any atom is -0.422 e. The Morgan fingerprint density at radius 3 is 1.77 bits per heavy atom. The molecule has 3 aliphatic rings. The SMILES string of the molecule is CC1=C(OC(=O)C2C(C)CC(C)CC2C)C(N)=N/C1=C\c1[nH]c(N)c(OC(=O)C2C(C)CC(C)CC2C)c1C. The normalized spacial score (nSPS) is 34.3. The molecule has 8 heteroatoms. The molecule has 5 N–H and O–H groups in total. The molecule has 0 amide bonds. The van der Waals surface area contributed by atoms with E-state index in [0.717, 1.165) is 25.7 Å². The first-order valence-electron chi connectivity index (χ1n) is 14.5. The fraction of sp³-hybridized carbons (Fsp3) is 0.645. The molecule has 2 heterocycles. The number of ether oxygens (including phenoxy) is 2. The van der Waals surface area contributed by atoms with Gasteiger partial charge in [-0.05, 0) is 81.1 Å². The third-order valence-corrected chi connectivity index (χ3v) is 9.24. The molecule has 2 fully saturated rings. The van der Waals surface area contributed by atoms with Crippen LogP contribution in [0.15, 0.2) is 22.0 Å². The second-order valence-corrected chi connectivity index (χ2v) is 12.8. The number of anilines is 1.